The predicted octanol–water partition coefficient (Wildman–Crippen LogP) is 3.42. The molecule has 0 bridgehead atoms. The number of anilines is 2. The first-order valence-electron chi connectivity index (χ1n) is 5.40. The van der Waals surface area contributed by atoms with Crippen LogP contribution in [-0.4, -0.2) is 15.0 Å². The average molecular weight is 257 g/mol. The largest absolute Gasteiger partial charge is 0.340 e. The lowest BCUT2D eigenvalue weighted by atomic mass is 10.2. The Morgan fingerprint density at radius 3 is 2.94 bits per heavy atom. The quantitative estimate of drug-likeness (QED) is 0.763. The average Bonchev–Trinajstić information content (AvgIpc) is 2.39. The molecule has 0 fully saturated rings. The van der Waals surface area contributed by atoms with Gasteiger partial charge in [0.2, 0.25) is 0 Å². The van der Waals surface area contributed by atoms with Crippen molar-refractivity contribution in [2.24, 2.45) is 0 Å². The minimum absolute atomic E-state index is 0.681. The Bertz CT molecular complexity index is 694. The maximum Gasteiger partial charge on any atom is 0.141 e. The van der Waals surface area contributed by atoms with Gasteiger partial charge in [0, 0.05) is 22.3 Å². The molecule has 3 aromatic rings. The van der Waals surface area contributed by atoms with Gasteiger partial charge in [0.15, 0.2) is 0 Å². The van der Waals surface area contributed by atoms with Gasteiger partial charge in [-0.15, -0.1) is 0 Å². The van der Waals surface area contributed by atoms with Crippen LogP contribution >= 0.6 is 11.6 Å². The van der Waals surface area contributed by atoms with Gasteiger partial charge in [-0.2, -0.15) is 0 Å². The van der Waals surface area contributed by atoms with E-state index in [1.54, 1.807) is 12.4 Å². The Morgan fingerprint density at radius 1 is 1.11 bits per heavy atom. The highest BCUT2D eigenvalue weighted by Gasteiger charge is 2.03. The van der Waals surface area contributed by atoms with E-state index in [0.29, 0.717) is 5.02 Å². The first-order valence-corrected chi connectivity index (χ1v) is 5.78. The molecule has 0 amide bonds. The minimum Gasteiger partial charge on any atom is -0.340 e. The van der Waals surface area contributed by atoms with Gasteiger partial charge < -0.3 is 5.32 Å². The smallest absolute Gasteiger partial charge is 0.141 e. The summed E-state index contributed by atoms with van der Waals surface area (Å²) in [5.74, 6) is 0.740. The number of rotatable bonds is 2. The van der Waals surface area contributed by atoms with Gasteiger partial charge in [0.25, 0.3) is 0 Å². The molecule has 4 nitrogen and oxygen atoms in total. The Kier molecular flexibility index (Phi) is 2.78. The summed E-state index contributed by atoms with van der Waals surface area (Å²) in [6, 6.07) is 9.37. The molecule has 0 saturated carbocycles. The summed E-state index contributed by atoms with van der Waals surface area (Å²) in [4.78, 5) is 12.4. The predicted molar refractivity (Wildman–Crippen MR) is 72.1 cm³/mol. The molecule has 0 aliphatic carbocycles. The lowest BCUT2D eigenvalue weighted by Gasteiger charge is -2.07. The van der Waals surface area contributed by atoms with Crippen LogP contribution < -0.4 is 5.32 Å². The van der Waals surface area contributed by atoms with Crippen molar-refractivity contribution in [2.45, 2.75) is 0 Å². The molecule has 1 aromatic carbocycles. The Morgan fingerprint density at radius 2 is 2.06 bits per heavy atom. The van der Waals surface area contributed by atoms with Crippen molar-refractivity contribution in [3.63, 3.8) is 0 Å². The van der Waals surface area contributed by atoms with E-state index in [1.807, 2.05) is 30.3 Å². The van der Waals surface area contributed by atoms with Gasteiger partial charge >= 0.3 is 0 Å². The molecule has 0 aliphatic heterocycles. The van der Waals surface area contributed by atoms with Crippen molar-refractivity contribution in [1.82, 2.24) is 15.0 Å². The molecule has 1 N–H and O–H groups in total. The summed E-state index contributed by atoms with van der Waals surface area (Å²) in [5, 5.41) is 4.83. The highest BCUT2D eigenvalue weighted by atomic mass is 35.5. The molecule has 2 aromatic heterocycles. The fourth-order valence-electron chi connectivity index (χ4n) is 1.71. The Hall–Kier alpha value is -2.20. The lowest BCUT2D eigenvalue weighted by molar-refractivity contribution is 1.20. The van der Waals surface area contributed by atoms with Crippen molar-refractivity contribution >= 4 is 34.0 Å². The number of fused-ring (bicyclic) bond motifs is 1. The van der Waals surface area contributed by atoms with Gasteiger partial charge in [-0.1, -0.05) is 17.7 Å². The second-order valence-electron chi connectivity index (χ2n) is 3.75. The summed E-state index contributed by atoms with van der Waals surface area (Å²) in [6.07, 6.45) is 4.94. The monoisotopic (exact) mass is 256 g/mol. The number of hydrogen-bond donors (Lipinski definition) is 1. The molecule has 0 unspecified atom stereocenters. The summed E-state index contributed by atoms with van der Waals surface area (Å²) in [7, 11) is 0. The van der Waals surface area contributed by atoms with Crippen molar-refractivity contribution in [1.29, 1.82) is 0 Å². The molecule has 3 rings (SSSR count). The van der Waals surface area contributed by atoms with Crippen LogP contribution in [-0.2, 0) is 0 Å². The normalized spacial score (nSPS) is 10.5. The van der Waals surface area contributed by atoms with E-state index in [-0.39, 0.29) is 0 Å². The number of halogens is 1. The maximum absolute atomic E-state index is 5.95. The lowest BCUT2D eigenvalue weighted by Crippen LogP contribution is -1.96. The van der Waals surface area contributed by atoms with Crippen molar-refractivity contribution < 1.29 is 0 Å². The van der Waals surface area contributed by atoms with E-state index >= 15 is 0 Å². The van der Waals surface area contributed by atoms with Crippen molar-refractivity contribution in [2.75, 3.05) is 5.32 Å². The fraction of sp³-hybridized carbons (Fsp3) is 0. The minimum atomic E-state index is 0.681. The summed E-state index contributed by atoms with van der Waals surface area (Å²) < 4.78 is 0. The molecule has 0 aliphatic rings. The molecule has 0 spiro atoms. The van der Waals surface area contributed by atoms with Crippen LogP contribution in [0.4, 0.5) is 11.5 Å². The number of aromatic nitrogens is 3. The van der Waals surface area contributed by atoms with Gasteiger partial charge in [-0.05, 0) is 24.3 Å². The third-order valence-corrected chi connectivity index (χ3v) is 2.76. The number of nitrogens with one attached hydrogen (secondary N) is 1. The molecular weight excluding hydrogens is 248 g/mol. The highest BCUT2D eigenvalue weighted by Crippen LogP contribution is 2.23. The molecule has 0 saturated heterocycles. The zero-order valence-electron chi connectivity index (χ0n) is 9.34. The highest BCUT2D eigenvalue weighted by molar-refractivity contribution is 6.30. The first-order chi connectivity index (χ1) is 8.83. The van der Waals surface area contributed by atoms with E-state index < -0.39 is 0 Å². The first kappa shape index (κ1) is 10.9. The second kappa shape index (κ2) is 4.58. The Labute approximate surface area is 109 Å². The van der Waals surface area contributed by atoms with Crippen LogP contribution in [0.2, 0.25) is 5.02 Å². The van der Waals surface area contributed by atoms with Crippen LogP contribution in [0.15, 0.2) is 49.1 Å². The third-order valence-electron chi connectivity index (χ3n) is 2.53. The van der Waals surface area contributed by atoms with Crippen LogP contribution in [0, 0.1) is 0 Å². The summed E-state index contributed by atoms with van der Waals surface area (Å²) >= 11 is 5.95. The topological polar surface area (TPSA) is 50.7 Å². The third kappa shape index (κ3) is 2.10. The molecule has 0 atom stereocenters. The SMILES string of the molecule is Clc1cccc(Nc2ncnc3cnccc23)c1. The summed E-state index contributed by atoms with van der Waals surface area (Å²) in [6.45, 7) is 0. The molecular formula is C13H9ClN4. The number of hydrogen-bond acceptors (Lipinski definition) is 4. The number of nitrogens with zero attached hydrogens (tertiary/aromatic N) is 3. The number of pyridine rings is 1. The van der Waals surface area contributed by atoms with Gasteiger partial charge in [0.1, 0.15) is 12.1 Å². The Balaban J connectivity index is 2.05. The molecule has 88 valence electrons. The summed E-state index contributed by atoms with van der Waals surface area (Å²) in [5.41, 5.74) is 1.69. The van der Waals surface area contributed by atoms with E-state index in [9.17, 15) is 0 Å². The van der Waals surface area contributed by atoms with Gasteiger partial charge in [0.05, 0.1) is 11.7 Å². The zero-order valence-corrected chi connectivity index (χ0v) is 10.1. The van der Waals surface area contributed by atoms with E-state index in [4.69, 9.17) is 11.6 Å². The van der Waals surface area contributed by atoms with Crippen LogP contribution in [0.25, 0.3) is 10.9 Å². The van der Waals surface area contributed by atoms with Crippen molar-refractivity contribution in [3.8, 4) is 0 Å². The molecule has 0 radical (unpaired) electrons. The van der Waals surface area contributed by atoms with Gasteiger partial charge in [-0.25, -0.2) is 9.97 Å². The number of benzene rings is 1. The van der Waals surface area contributed by atoms with Crippen LogP contribution in [0.3, 0.4) is 0 Å². The standard InChI is InChI=1S/C13H9ClN4/c14-9-2-1-3-10(6-9)18-13-11-4-5-15-7-12(11)16-8-17-13/h1-8H,(H,16,17,18). The van der Waals surface area contributed by atoms with Crippen LogP contribution in [0.1, 0.15) is 0 Å². The van der Waals surface area contributed by atoms with E-state index in [1.165, 1.54) is 6.33 Å². The fourth-order valence-corrected chi connectivity index (χ4v) is 1.90. The van der Waals surface area contributed by atoms with E-state index in [0.717, 1.165) is 22.4 Å². The molecule has 18 heavy (non-hydrogen) atoms. The van der Waals surface area contributed by atoms with Gasteiger partial charge in [-0.3, -0.25) is 4.98 Å². The molecule has 2 heterocycles. The van der Waals surface area contributed by atoms with Crippen molar-refractivity contribution in [3.05, 3.63) is 54.1 Å². The van der Waals surface area contributed by atoms with E-state index in [2.05, 4.69) is 20.3 Å². The van der Waals surface area contributed by atoms with Crippen LogP contribution in [0.5, 0.6) is 0 Å². The second-order valence-corrected chi connectivity index (χ2v) is 4.19. The maximum atomic E-state index is 5.95. The zero-order chi connectivity index (χ0) is 12.4. The molecule has 5 heteroatoms.